The van der Waals surface area contributed by atoms with Crippen molar-refractivity contribution in [1.82, 2.24) is 4.98 Å². The van der Waals surface area contributed by atoms with Crippen LogP contribution in [0.4, 0.5) is 0 Å². The van der Waals surface area contributed by atoms with Crippen LogP contribution in [0.25, 0.3) is 11.1 Å². The summed E-state index contributed by atoms with van der Waals surface area (Å²) < 4.78 is 28.7. The highest BCUT2D eigenvalue weighted by molar-refractivity contribution is 7.53. The fourth-order valence-corrected chi connectivity index (χ4v) is 4.61. The van der Waals surface area contributed by atoms with Crippen LogP contribution in [0.2, 0.25) is 0 Å². The van der Waals surface area contributed by atoms with Crippen molar-refractivity contribution in [3.63, 3.8) is 0 Å². The molecule has 0 atom stereocenters. The fraction of sp³-hybridized carbons (Fsp3) is 0.450. The average molecular weight is 393 g/mol. The van der Waals surface area contributed by atoms with Crippen LogP contribution in [0.1, 0.15) is 30.7 Å². The molecular weight excluding hydrogens is 365 g/mol. The molecule has 0 unspecified atom stereocenters. The Morgan fingerprint density at radius 1 is 1.15 bits per heavy atom. The molecule has 1 aromatic heterocycles. The molecule has 0 saturated heterocycles. The number of ether oxygens (including phenoxy) is 1. The molecule has 0 aliphatic rings. The summed E-state index contributed by atoms with van der Waals surface area (Å²) in [4.78, 5) is 4.46. The summed E-state index contributed by atoms with van der Waals surface area (Å²) in [5, 5.41) is 10.1. The molecule has 0 aliphatic heterocycles. The Balaban J connectivity index is 2.33. The molecule has 0 saturated carbocycles. The number of nitrogens with zero attached hydrogens (tertiary/aromatic N) is 1. The van der Waals surface area contributed by atoms with Crippen molar-refractivity contribution in [2.45, 2.75) is 34.1 Å². The molecule has 7 heteroatoms. The molecular formula is C20H28NO5P. The summed E-state index contributed by atoms with van der Waals surface area (Å²) in [5.41, 5.74) is 4.49. The minimum Gasteiger partial charge on any atom is -0.504 e. The molecule has 2 aromatic rings. The number of aryl methyl sites for hydroxylation is 2. The van der Waals surface area contributed by atoms with Crippen molar-refractivity contribution in [1.29, 1.82) is 0 Å². The number of phenolic OH excluding ortho intramolecular Hbond substituents is 1. The van der Waals surface area contributed by atoms with Crippen molar-refractivity contribution in [3.8, 4) is 22.6 Å². The van der Waals surface area contributed by atoms with Gasteiger partial charge in [0, 0.05) is 18.3 Å². The highest BCUT2D eigenvalue weighted by Gasteiger charge is 2.24. The van der Waals surface area contributed by atoms with E-state index in [4.69, 9.17) is 13.8 Å². The molecule has 0 aliphatic carbocycles. The maximum absolute atomic E-state index is 12.7. The van der Waals surface area contributed by atoms with E-state index in [9.17, 15) is 9.67 Å². The first-order chi connectivity index (χ1) is 12.8. The fourth-order valence-electron chi connectivity index (χ4n) is 3.00. The lowest BCUT2D eigenvalue weighted by atomic mass is 9.97. The van der Waals surface area contributed by atoms with Crippen LogP contribution in [0, 0.1) is 13.8 Å². The predicted octanol–water partition coefficient (Wildman–Crippen LogP) is 4.89. The van der Waals surface area contributed by atoms with E-state index < -0.39 is 7.60 Å². The van der Waals surface area contributed by atoms with Gasteiger partial charge in [0.05, 0.1) is 26.5 Å². The third-order valence-electron chi connectivity index (χ3n) is 4.38. The Morgan fingerprint density at radius 2 is 1.81 bits per heavy atom. The summed E-state index contributed by atoms with van der Waals surface area (Å²) in [7, 11) is -1.58. The zero-order chi connectivity index (χ0) is 20.0. The number of methoxy groups -OCH3 is 1. The minimum absolute atomic E-state index is 0.141. The Hall–Kier alpha value is -1.88. The molecule has 1 heterocycles. The number of hydrogen-bond acceptors (Lipinski definition) is 6. The highest BCUT2D eigenvalue weighted by Crippen LogP contribution is 2.48. The highest BCUT2D eigenvalue weighted by atomic mass is 31.2. The van der Waals surface area contributed by atoms with Crippen molar-refractivity contribution in [2.75, 3.05) is 26.5 Å². The maximum atomic E-state index is 12.7. The lowest BCUT2D eigenvalue weighted by Crippen LogP contribution is -2.05. The van der Waals surface area contributed by atoms with Crippen LogP contribution < -0.4 is 4.74 Å². The van der Waals surface area contributed by atoms with Crippen molar-refractivity contribution in [3.05, 3.63) is 41.2 Å². The molecule has 27 heavy (non-hydrogen) atoms. The lowest BCUT2D eigenvalue weighted by molar-refractivity contribution is 0.220. The second-order valence-electron chi connectivity index (χ2n) is 6.19. The number of hydrogen-bond donors (Lipinski definition) is 1. The van der Waals surface area contributed by atoms with E-state index in [1.54, 1.807) is 26.1 Å². The first-order valence-corrected chi connectivity index (χ1v) is 10.8. The maximum Gasteiger partial charge on any atom is 0.331 e. The number of rotatable bonds is 9. The summed E-state index contributed by atoms with van der Waals surface area (Å²) in [6.45, 7) is 8.11. The molecule has 0 radical (unpaired) electrons. The normalized spacial score (nSPS) is 11.6. The van der Waals surface area contributed by atoms with Gasteiger partial charge < -0.3 is 18.9 Å². The van der Waals surface area contributed by atoms with E-state index >= 15 is 0 Å². The molecule has 1 N–H and O–H groups in total. The quantitative estimate of drug-likeness (QED) is 0.611. The van der Waals surface area contributed by atoms with E-state index in [-0.39, 0.29) is 11.9 Å². The third kappa shape index (κ3) is 5.10. The van der Waals surface area contributed by atoms with Gasteiger partial charge in [-0.2, -0.15) is 0 Å². The Bertz CT molecular complexity index is 827. The number of phenols is 1. The van der Waals surface area contributed by atoms with Crippen LogP contribution in [0.3, 0.4) is 0 Å². The predicted molar refractivity (Wildman–Crippen MR) is 107 cm³/mol. The van der Waals surface area contributed by atoms with Gasteiger partial charge in [0.2, 0.25) is 0 Å². The van der Waals surface area contributed by atoms with Crippen LogP contribution >= 0.6 is 7.60 Å². The standard InChI is InChI=1S/C20H28NO5P/c1-6-25-27(23,26-7-2)11-9-18-15(4)17(8-10-21-18)16-12-14(3)20(22)19(13-16)24-5/h8,10,12-13,22H,6-7,9,11H2,1-5H3. The number of aromatic hydroxyl groups is 1. The Morgan fingerprint density at radius 3 is 2.41 bits per heavy atom. The smallest absolute Gasteiger partial charge is 0.331 e. The molecule has 0 spiro atoms. The SMILES string of the molecule is CCOP(=O)(CCc1nccc(-c2cc(C)c(O)c(OC)c2)c1C)OCC. The second kappa shape index (κ2) is 9.36. The van der Waals surface area contributed by atoms with E-state index in [0.29, 0.717) is 25.4 Å². The Labute approximate surface area is 161 Å². The second-order valence-corrected chi connectivity index (χ2v) is 8.38. The first-order valence-electron chi connectivity index (χ1n) is 9.05. The molecule has 6 nitrogen and oxygen atoms in total. The van der Waals surface area contributed by atoms with Gasteiger partial charge in [-0.15, -0.1) is 0 Å². The summed E-state index contributed by atoms with van der Waals surface area (Å²) in [6.07, 6.45) is 2.51. The zero-order valence-corrected chi connectivity index (χ0v) is 17.5. The topological polar surface area (TPSA) is 77.9 Å². The van der Waals surface area contributed by atoms with Gasteiger partial charge in [-0.1, -0.05) is 0 Å². The van der Waals surface area contributed by atoms with Crippen LogP contribution in [0.5, 0.6) is 11.5 Å². The van der Waals surface area contributed by atoms with Gasteiger partial charge >= 0.3 is 7.60 Å². The van der Waals surface area contributed by atoms with Crippen LogP contribution in [0.15, 0.2) is 24.4 Å². The number of benzene rings is 1. The summed E-state index contributed by atoms with van der Waals surface area (Å²) in [6, 6.07) is 5.64. The van der Waals surface area contributed by atoms with E-state index in [0.717, 1.165) is 27.9 Å². The molecule has 0 fully saturated rings. The van der Waals surface area contributed by atoms with Crippen LogP contribution in [-0.2, 0) is 20.0 Å². The minimum atomic E-state index is -3.11. The number of aromatic nitrogens is 1. The molecule has 0 amide bonds. The van der Waals surface area contributed by atoms with Gasteiger partial charge in [0.15, 0.2) is 11.5 Å². The average Bonchev–Trinajstić information content (AvgIpc) is 2.63. The van der Waals surface area contributed by atoms with Gasteiger partial charge in [0.1, 0.15) is 0 Å². The largest absolute Gasteiger partial charge is 0.504 e. The van der Waals surface area contributed by atoms with Gasteiger partial charge in [-0.05, 0) is 68.1 Å². The van der Waals surface area contributed by atoms with Crippen molar-refractivity contribution < 1.29 is 23.5 Å². The number of pyridine rings is 1. The molecule has 1 aromatic carbocycles. The van der Waals surface area contributed by atoms with E-state index in [1.165, 1.54) is 7.11 Å². The first kappa shape index (κ1) is 21.4. The zero-order valence-electron chi connectivity index (χ0n) is 16.6. The van der Waals surface area contributed by atoms with E-state index in [2.05, 4.69) is 4.98 Å². The molecule has 2 rings (SSSR count). The summed E-state index contributed by atoms with van der Waals surface area (Å²) >= 11 is 0. The summed E-state index contributed by atoms with van der Waals surface area (Å²) in [5.74, 6) is 0.572. The third-order valence-corrected chi connectivity index (χ3v) is 6.45. The lowest BCUT2D eigenvalue weighted by Gasteiger charge is -2.18. The van der Waals surface area contributed by atoms with Crippen molar-refractivity contribution in [2.24, 2.45) is 0 Å². The van der Waals surface area contributed by atoms with Gasteiger partial charge in [-0.3, -0.25) is 9.55 Å². The van der Waals surface area contributed by atoms with Crippen LogP contribution in [-0.4, -0.2) is 36.6 Å². The van der Waals surface area contributed by atoms with Crippen molar-refractivity contribution >= 4 is 7.60 Å². The monoisotopic (exact) mass is 393 g/mol. The van der Waals surface area contributed by atoms with Gasteiger partial charge in [-0.25, -0.2) is 0 Å². The van der Waals surface area contributed by atoms with Gasteiger partial charge in [0.25, 0.3) is 0 Å². The Kier molecular flexibility index (Phi) is 7.42. The van der Waals surface area contributed by atoms with E-state index in [1.807, 2.05) is 26.0 Å². The molecule has 148 valence electrons. The molecule has 0 bridgehead atoms.